The molecule has 0 unspecified atom stereocenters. The highest BCUT2D eigenvalue weighted by atomic mass is 19.1. The van der Waals surface area contributed by atoms with E-state index in [2.05, 4.69) is 24.0 Å². The van der Waals surface area contributed by atoms with Crippen LogP contribution in [-0.4, -0.2) is 14.8 Å². The van der Waals surface area contributed by atoms with Gasteiger partial charge in [0.05, 0.1) is 16.7 Å². The lowest BCUT2D eigenvalue weighted by molar-refractivity contribution is 0.629. The molecule has 0 amide bonds. The summed E-state index contributed by atoms with van der Waals surface area (Å²) in [6.45, 7) is 2.13. The number of pyridine rings is 1. The highest BCUT2D eigenvalue weighted by Crippen LogP contribution is 2.34. The highest BCUT2D eigenvalue weighted by Gasteiger charge is 2.18. The maximum Gasteiger partial charge on any atom is 0.124 e. The van der Waals surface area contributed by atoms with E-state index >= 15 is 0 Å². The first kappa shape index (κ1) is 16.6. The lowest BCUT2D eigenvalue weighted by Crippen LogP contribution is -2.01. The topological polar surface area (TPSA) is 30.7 Å². The Morgan fingerprint density at radius 3 is 2.50 bits per heavy atom. The molecule has 0 aliphatic rings. The van der Waals surface area contributed by atoms with Gasteiger partial charge in [0.15, 0.2) is 0 Å². The number of aryl methyl sites for hydroxylation is 1. The van der Waals surface area contributed by atoms with E-state index in [-0.39, 0.29) is 5.82 Å². The summed E-state index contributed by atoms with van der Waals surface area (Å²) in [5.74, 6) is -0.278. The Morgan fingerprint density at radius 1 is 0.893 bits per heavy atom. The van der Waals surface area contributed by atoms with Crippen LogP contribution in [-0.2, 0) is 6.42 Å². The van der Waals surface area contributed by atoms with Crippen LogP contribution in [0.1, 0.15) is 12.5 Å². The zero-order chi connectivity index (χ0) is 19.1. The summed E-state index contributed by atoms with van der Waals surface area (Å²) in [6.07, 6.45) is 2.73. The zero-order valence-electron chi connectivity index (χ0n) is 15.4. The van der Waals surface area contributed by atoms with E-state index in [1.54, 1.807) is 12.1 Å². The third-order valence-electron chi connectivity index (χ3n) is 5.12. The predicted octanol–water partition coefficient (Wildman–Crippen LogP) is 5.94. The Labute approximate surface area is 162 Å². The van der Waals surface area contributed by atoms with Crippen molar-refractivity contribution in [2.75, 3.05) is 0 Å². The van der Waals surface area contributed by atoms with Crippen molar-refractivity contribution in [2.24, 2.45) is 0 Å². The van der Waals surface area contributed by atoms with Crippen LogP contribution in [0, 0.1) is 5.82 Å². The van der Waals surface area contributed by atoms with Crippen molar-refractivity contribution in [3.63, 3.8) is 0 Å². The van der Waals surface area contributed by atoms with Gasteiger partial charge in [0, 0.05) is 22.5 Å². The molecule has 2 aromatic heterocycles. The average Bonchev–Trinajstić information content (AvgIpc) is 3.14. The number of halogens is 1. The second kappa shape index (κ2) is 6.57. The summed E-state index contributed by atoms with van der Waals surface area (Å²) in [7, 11) is 0. The van der Waals surface area contributed by atoms with Crippen molar-refractivity contribution in [3.8, 4) is 16.9 Å². The van der Waals surface area contributed by atoms with Crippen LogP contribution >= 0.6 is 0 Å². The molecule has 5 aromatic rings. The highest BCUT2D eigenvalue weighted by molar-refractivity contribution is 6.08. The third kappa shape index (κ3) is 2.57. The lowest BCUT2D eigenvalue weighted by atomic mass is 10.1. The van der Waals surface area contributed by atoms with Gasteiger partial charge in [0.25, 0.3) is 0 Å². The minimum absolute atomic E-state index is 0.278. The van der Waals surface area contributed by atoms with Gasteiger partial charge in [-0.05, 0) is 36.2 Å². The maximum atomic E-state index is 14.1. The zero-order valence-corrected chi connectivity index (χ0v) is 15.4. The van der Waals surface area contributed by atoms with Crippen molar-refractivity contribution in [1.82, 2.24) is 14.8 Å². The molecule has 0 atom stereocenters. The Morgan fingerprint density at radius 2 is 1.68 bits per heavy atom. The summed E-state index contributed by atoms with van der Waals surface area (Å²) in [5.41, 5.74) is 5.69. The fourth-order valence-electron chi connectivity index (χ4n) is 3.76. The Kier molecular flexibility index (Phi) is 3.90. The lowest BCUT2D eigenvalue weighted by Gasteiger charge is -2.10. The monoisotopic (exact) mass is 367 g/mol. The van der Waals surface area contributed by atoms with E-state index in [0.29, 0.717) is 0 Å². The van der Waals surface area contributed by atoms with Crippen LogP contribution in [0.3, 0.4) is 0 Å². The van der Waals surface area contributed by atoms with E-state index in [1.807, 2.05) is 53.3 Å². The standard InChI is InChI=1S/C24H18FN3/c1-2-16-8-6-7-11-22(16)28-24-19-14-18(25)12-13-21(19)26-15-20(24)23(27-28)17-9-4-3-5-10-17/h3-15H,2H2,1H3. The van der Waals surface area contributed by atoms with Crippen molar-refractivity contribution in [3.05, 3.63) is 90.4 Å². The normalized spacial score (nSPS) is 11.4. The first-order valence-electron chi connectivity index (χ1n) is 9.37. The van der Waals surface area contributed by atoms with Crippen LogP contribution in [0.25, 0.3) is 38.8 Å². The van der Waals surface area contributed by atoms with Gasteiger partial charge < -0.3 is 0 Å². The van der Waals surface area contributed by atoms with Crippen LogP contribution < -0.4 is 0 Å². The van der Waals surface area contributed by atoms with Crippen LogP contribution in [0.2, 0.25) is 0 Å². The third-order valence-corrected chi connectivity index (χ3v) is 5.12. The van der Waals surface area contributed by atoms with E-state index in [0.717, 1.165) is 45.2 Å². The average molecular weight is 367 g/mol. The van der Waals surface area contributed by atoms with E-state index in [1.165, 1.54) is 11.6 Å². The molecule has 0 saturated carbocycles. The molecule has 0 spiro atoms. The number of hydrogen-bond donors (Lipinski definition) is 0. The molecule has 0 aliphatic carbocycles. The van der Waals surface area contributed by atoms with Crippen LogP contribution in [0.4, 0.5) is 4.39 Å². The molecule has 28 heavy (non-hydrogen) atoms. The van der Waals surface area contributed by atoms with Gasteiger partial charge in [-0.3, -0.25) is 4.98 Å². The first-order chi connectivity index (χ1) is 13.8. The molecule has 0 radical (unpaired) electrons. The molecule has 3 aromatic carbocycles. The smallest absolute Gasteiger partial charge is 0.124 e. The van der Waals surface area contributed by atoms with Gasteiger partial charge in [-0.1, -0.05) is 55.5 Å². The van der Waals surface area contributed by atoms with Crippen molar-refractivity contribution < 1.29 is 4.39 Å². The van der Waals surface area contributed by atoms with Gasteiger partial charge >= 0.3 is 0 Å². The number of aromatic nitrogens is 3. The Hall–Kier alpha value is -3.53. The number of fused-ring (bicyclic) bond motifs is 3. The van der Waals surface area contributed by atoms with E-state index in [9.17, 15) is 4.39 Å². The maximum absolute atomic E-state index is 14.1. The van der Waals surface area contributed by atoms with Gasteiger partial charge in [0.2, 0.25) is 0 Å². The van der Waals surface area contributed by atoms with Crippen LogP contribution in [0.5, 0.6) is 0 Å². The summed E-state index contributed by atoms with van der Waals surface area (Å²) < 4.78 is 16.1. The van der Waals surface area contributed by atoms with Gasteiger partial charge in [-0.25, -0.2) is 9.07 Å². The summed E-state index contributed by atoms with van der Waals surface area (Å²) in [4.78, 5) is 4.57. The molecule has 136 valence electrons. The Balaban J connectivity index is 1.95. The van der Waals surface area contributed by atoms with Gasteiger partial charge in [-0.2, -0.15) is 5.10 Å². The fraction of sp³-hybridized carbons (Fsp3) is 0.0833. The minimum Gasteiger partial charge on any atom is -0.255 e. The molecule has 0 bridgehead atoms. The summed E-state index contributed by atoms with van der Waals surface area (Å²) >= 11 is 0. The van der Waals surface area contributed by atoms with E-state index in [4.69, 9.17) is 5.10 Å². The molecule has 2 heterocycles. The largest absolute Gasteiger partial charge is 0.255 e. The molecule has 0 aliphatic heterocycles. The quantitative estimate of drug-likeness (QED) is 0.395. The summed E-state index contributed by atoms with van der Waals surface area (Å²) in [5, 5.41) is 6.65. The van der Waals surface area contributed by atoms with Crippen molar-refractivity contribution in [1.29, 1.82) is 0 Å². The Bertz CT molecular complexity index is 1310. The minimum atomic E-state index is -0.278. The van der Waals surface area contributed by atoms with Crippen LogP contribution in [0.15, 0.2) is 79.0 Å². The molecule has 5 rings (SSSR count). The van der Waals surface area contributed by atoms with E-state index < -0.39 is 0 Å². The van der Waals surface area contributed by atoms with Gasteiger partial charge in [-0.15, -0.1) is 0 Å². The predicted molar refractivity (Wildman–Crippen MR) is 111 cm³/mol. The number of hydrogen-bond acceptors (Lipinski definition) is 2. The number of benzene rings is 3. The second-order valence-electron chi connectivity index (χ2n) is 6.79. The molecule has 0 N–H and O–H groups in total. The van der Waals surface area contributed by atoms with Crippen molar-refractivity contribution in [2.45, 2.75) is 13.3 Å². The fourth-order valence-corrected chi connectivity index (χ4v) is 3.76. The second-order valence-corrected chi connectivity index (χ2v) is 6.79. The summed E-state index contributed by atoms with van der Waals surface area (Å²) in [6, 6.07) is 23.0. The first-order valence-corrected chi connectivity index (χ1v) is 9.37. The SMILES string of the molecule is CCc1ccccc1-n1nc(-c2ccccc2)c2cnc3ccc(F)cc3c21. The number of para-hydroxylation sites is 1. The molecule has 3 nitrogen and oxygen atoms in total. The number of nitrogens with zero attached hydrogens (tertiary/aromatic N) is 3. The molecular weight excluding hydrogens is 349 g/mol. The molecular formula is C24H18FN3. The molecule has 0 saturated heterocycles. The van der Waals surface area contributed by atoms with Crippen molar-refractivity contribution >= 4 is 21.8 Å². The van der Waals surface area contributed by atoms with Gasteiger partial charge in [0.1, 0.15) is 11.5 Å². The number of rotatable bonds is 3. The molecule has 0 fully saturated rings. The molecule has 4 heteroatoms.